The molecular weight excluding hydrogens is 352 g/mol. The van der Waals surface area contributed by atoms with Crippen LogP contribution in [0, 0.1) is 0 Å². The second kappa shape index (κ2) is 8.28. The highest BCUT2D eigenvalue weighted by Crippen LogP contribution is 2.27. The van der Waals surface area contributed by atoms with Gasteiger partial charge in [0.1, 0.15) is 0 Å². The average Bonchev–Trinajstić information content (AvgIpc) is 3.13. The number of aromatic nitrogens is 2. The standard InChI is InChI=1S/C18H26N4O3S/c1-21(2)26(23,24)13-7-12-22-11-6-10-16(14-22)18-19-17(20-25-18)15-8-4-3-5-9-15/h3-5,8-9,16H,6-7,10-14H2,1-2H3/t16-/m0/s1. The Balaban J connectivity index is 1.56. The van der Waals surface area contributed by atoms with Gasteiger partial charge in [-0.15, -0.1) is 0 Å². The minimum atomic E-state index is -3.13. The van der Waals surface area contributed by atoms with Crippen LogP contribution in [0.5, 0.6) is 0 Å². The van der Waals surface area contributed by atoms with Gasteiger partial charge in [-0.1, -0.05) is 35.5 Å². The van der Waals surface area contributed by atoms with Crippen molar-refractivity contribution in [2.24, 2.45) is 0 Å². The molecule has 7 nitrogen and oxygen atoms in total. The maximum atomic E-state index is 11.9. The van der Waals surface area contributed by atoms with Crippen molar-refractivity contribution in [1.82, 2.24) is 19.3 Å². The van der Waals surface area contributed by atoms with E-state index in [2.05, 4.69) is 15.0 Å². The number of likely N-dealkylation sites (tertiary alicyclic amines) is 1. The van der Waals surface area contributed by atoms with Gasteiger partial charge >= 0.3 is 0 Å². The van der Waals surface area contributed by atoms with Crippen LogP contribution >= 0.6 is 0 Å². The fourth-order valence-corrected chi connectivity index (χ4v) is 4.08. The lowest BCUT2D eigenvalue weighted by Crippen LogP contribution is -2.36. The third kappa shape index (κ3) is 4.69. The summed E-state index contributed by atoms with van der Waals surface area (Å²) in [5.41, 5.74) is 0.948. The number of benzene rings is 1. The first kappa shape index (κ1) is 19.0. The van der Waals surface area contributed by atoms with Crippen molar-refractivity contribution in [3.63, 3.8) is 0 Å². The van der Waals surface area contributed by atoms with Gasteiger partial charge in [-0.05, 0) is 32.4 Å². The van der Waals surface area contributed by atoms with E-state index in [9.17, 15) is 8.42 Å². The largest absolute Gasteiger partial charge is 0.339 e. The van der Waals surface area contributed by atoms with E-state index in [-0.39, 0.29) is 11.7 Å². The van der Waals surface area contributed by atoms with E-state index in [1.807, 2.05) is 30.3 Å². The van der Waals surface area contributed by atoms with Gasteiger partial charge in [0.15, 0.2) is 0 Å². The van der Waals surface area contributed by atoms with Gasteiger partial charge in [-0.25, -0.2) is 12.7 Å². The molecule has 8 heteroatoms. The summed E-state index contributed by atoms with van der Waals surface area (Å²) in [5, 5.41) is 4.11. The maximum Gasteiger partial charge on any atom is 0.231 e. The molecule has 3 rings (SSSR count). The molecule has 0 radical (unpaired) electrons. The molecule has 0 amide bonds. The van der Waals surface area contributed by atoms with E-state index < -0.39 is 10.0 Å². The Kier molecular flexibility index (Phi) is 6.05. The molecule has 26 heavy (non-hydrogen) atoms. The summed E-state index contributed by atoms with van der Waals surface area (Å²) in [6.45, 7) is 2.58. The van der Waals surface area contributed by atoms with E-state index in [4.69, 9.17) is 4.52 Å². The van der Waals surface area contributed by atoms with Crippen LogP contribution in [0.3, 0.4) is 0 Å². The van der Waals surface area contributed by atoms with Crippen LogP contribution in [0.25, 0.3) is 11.4 Å². The predicted octanol–water partition coefficient (Wildman–Crippen LogP) is 2.20. The normalized spacial score (nSPS) is 19.1. The van der Waals surface area contributed by atoms with Crippen LogP contribution in [0.1, 0.15) is 31.1 Å². The molecule has 1 aliphatic rings. The predicted molar refractivity (Wildman–Crippen MR) is 100 cm³/mol. The molecule has 2 aromatic rings. The van der Waals surface area contributed by atoms with Crippen molar-refractivity contribution in [2.45, 2.75) is 25.2 Å². The lowest BCUT2D eigenvalue weighted by atomic mass is 9.98. The van der Waals surface area contributed by atoms with Crippen molar-refractivity contribution in [3.8, 4) is 11.4 Å². The quantitative estimate of drug-likeness (QED) is 0.735. The lowest BCUT2D eigenvalue weighted by molar-refractivity contribution is 0.187. The Bertz CT molecular complexity index is 805. The fourth-order valence-electron chi connectivity index (χ4n) is 3.22. The van der Waals surface area contributed by atoms with Crippen LogP contribution in [0.4, 0.5) is 0 Å². The van der Waals surface area contributed by atoms with E-state index >= 15 is 0 Å². The highest BCUT2D eigenvalue weighted by atomic mass is 32.2. The van der Waals surface area contributed by atoms with E-state index in [1.54, 1.807) is 14.1 Å². The first-order valence-electron chi connectivity index (χ1n) is 8.97. The van der Waals surface area contributed by atoms with Gasteiger partial charge in [-0.2, -0.15) is 4.98 Å². The van der Waals surface area contributed by atoms with Gasteiger partial charge in [0, 0.05) is 26.2 Å². The summed E-state index contributed by atoms with van der Waals surface area (Å²) < 4.78 is 30.5. The Morgan fingerprint density at radius 3 is 2.77 bits per heavy atom. The SMILES string of the molecule is CN(C)S(=O)(=O)CCCN1CCC[C@H](c2nc(-c3ccccc3)no2)C1. The second-order valence-corrected chi connectivity index (χ2v) is 9.22. The zero-order valence-corrected chi connectivity index (χ0v) is 16.2. The van der Waals surface area contributed by atoms with Crippen molar-refractivity contribution < 1.29 is 12.9 Å². The molecule has 0 unspecified atom stereocenters. The number of hydrogen-bond acceptors (Lipinski definition) is 6. The third-order valence-electron chi connectivity index (χ3n) is 4.76. The van der Waals surface area contributed by atoms with Crippen LogP contribution in [-0.4, -0.2) is 67.2 Å². The molecule has 1 fully saturated rings. The topological polar surface area (TPSA) is 79.5 Å². The summed E-state index contributed by atoms with van der Waals surface area (Å²) in [5.74, 6) is 1.68. The molecule has 0 bridgehead atoms. The molecule has 0 N–H and O–H groups in total. The molecule has 0 saturated carbocycles. The number of rotatable bonds is 7. The van der Waals surface area contributed by atoms with Crippen LogP contribution < -0.4 is 0 Å². The number of piperidine rings is 1. The summed E-state index contributed by atoms with van der Waals surface area (Å²) >= 11 is 0. The molecule has 0 spiro atoms. The van der Waals surface area contributed by atoms with E-state index in [0.717, 1.165) is 38.0 Å². The molecule has 1 aliphatic heterocycles. The highest BCUT2D eigenvalue weighted by molar-refractivity contribution is 7.89. The van der Waals surface area contributed by atoms with Crippen molar-refractivity contribution in [2.75, 3.05) is 39.5 Å². The van der Waals surface area contributed by atoms with E-state index in [1.165, 1.54) is 4.31 Å². The molecule has 1 aromatic carbocycles. The second-order valence-electron chi connectivity index (χ2n) is 6.91. The summed E-state index contributed by atoms with van der Waals surface area (Å²) in [6.07, 6.45) is 2.70. The fraction of sp³-hybridized carbons (Fsp3) is 0.556. The summed E-state index contributed by atoms with van der Waals surface area (Å²) in [6, 6.07) is 9.80. The first-order valence-corrected chi connectivity index (χ1v) is 10.6. The first-order chi connectivity index (χ1) is 12.5. The Hall–Kier alpha value is -1.77. The summed E-state index contributed by atoms with van der Waals surface area (Å²) in [7, 11) is 0.0249. The molecule has 1 saturated heterocycles. The monoisotopic (exact) mass is 378 g/mol. The molecule has 1 aromatic heterocycles. The third-order valence-corrected chi connectivity index (χ3v) is 6.68. The Morgan fingerprint density at radius 2 is 2.04 bits per heavy atom. The van der Waals surface area contributed by atoms with E-state index in [0.29, 0.717) is 18.1 Å². The number of hydrogen-bond donors (Lipinski definition) is 0. The molecular formula is C18H26N4O3S. The number of sulfonamides is 1. The lowest BCUT2D eigenvalue weighted by Gasteiger charge is -2.30. The minimum Gasteiger partial charge on any atom is -0.339 e. The van der Waals surface area contributed by atoms with Gasteiger partial charge in [-0.3, -0.25) is 0 Å². The van der Waals surface area contributed by atoms with Gasteiger partial charge in [0.2, 0.25) is 21.7 Å². The Morgan fingerprint density at radius 1 is 1.27 bits per heavy atom. The zero-order valence-electron chi connectivity index (χ0n) is 15.3. The van der Waals surface area contributed by atoms with Crippen LogP contribution in [0.15, 0.2) is 34.9 Å². The van der Waals surface area contributed by atoms with Gasteiger partial charge in [0.05, 0.1) is 11.7 Å². The zero-order chi connectivity index (χ0) is 18.6. The molecule has 2 heterocycles. The molecule has 142 valence electrons. The van der Waals surface area contributed by atoms with Gasteiger partial charge in [0.25, 0.3) is 0 Å². The summed E-state index contributed by atoms with van der Waals surface area (Å²) in [4.78, 5) is 6.87. The van der Waals surface area contributed by atoms with Crippen molar-refractivity contribution >= 4 is 10.0 Å². The highest BCUT2D eigenvalue weighted by Gasteiger charge is 2.26. The molecule has 0 aliphatic carbocycles. The maximum absolute atomic E-state index is 11.9. The van der Waals surface area contributed by atoms with Crippen LogP contribution in [-0.2, 0) is 10.0 Å². The average molecular weight is 378 g/mol. The van der Waals surface area contributed by atoms with Crippen LogP contribution in [0.2, 0.25) is 0 Å². The minimum absolute atomic E-state index is 0.180. The Labute approximate surface area is 155 Å². The smallest absolute Gasteiger partial charge is 0.231 e. The van der Waals surface area contributed by atoms with Crippen molar-refractivity contribution in [3.05, 3.63) is 36.2 Å². The van der Waals surface area contributed by atoms with Gasteiger partial charge < -0.3 is 9.42 Å². The molecule has 1 atom stereocenters. The van der Waals surface area contributed by atoms with Crippen molar-refractivity contribution in [1.29, 1.82) is 0 Å². The number of nitrogens with zero attached hydrogens (tertiary/aromatic N) is 4.